The fourth-order valence-electron chi connectivity index (χ4n) is 2.57. The highest BCUT2D eigenvalue weighted by Crippen LogP contribution is 2.24. The van der Waals surface area contributed by atoms with Gasteiger partial charge in [0.25, 0.3) is 5.91 Å². The highest BCUT2D eigenvalue weighted by molar-refractivity contribution is 7.13. The Morgan fingerprint density at radius 3 is 2.50 bits per heavy atom. The van der Waals surface area contributed by atoms with Crippen molar-refractivity contribution in [2.75, 3.05) is 13.7 Å². The highest BCUT2D eigenvalue weighted by Gasteiger charge is 2.20. The zero-order chi connectivity index (χ0) is 20.1. The second-order valence-electron chi connectivity index (χ2n) is 6.21. The molecule has 144 valence electrons. The number of carbonyl (C=O) groups is 2. The van der Waals surface area contributed by atoms with Gasteiger partial charge in [0.05, 0.1) is 6.04 Å². The number of esters is 1. The van der Waals surface area contributed by atoms with Crippen molar-refractivity contribution >= 4 is 23.2 Å². The van der Waals surface area contributed by atoms with Gasteiger partial charge >= 0.3 is 5.97 Å². The SMILES string of the molecule is C[C@@H](c1ccccc1)N(C)C(=O)COC(=O)c1csc(-c2ccc(F)cc2)n1. The van der Waals surface area contributed by atoms with Gasteiger partial charge in [0, 0.05) is 18.0 Å². The van der Waals surface area contributed by atoms with Gasteiger partial charge in [-0.25, -0.2) is 14.2 Å². The number of nitrogens with zero attached hydrogens (tertiary/aromatic N) is 2. The molecule has 0 fully saturated rings. The maximum atomic E-state index is 13.0. The van der Waals surface area contributed by atoms with Gasteiger partial charge in [-0.3, -0.25) is 4.79 Å². The van der Waals surface area contributed by atoms with Crippen LogP contribution in [0.5, 0.6) is 0 Å². The van der Waals surface area contributed by atoms with Crippen molar-refractivity contribution in [3.8, 4) is 10.6 Å². The van der Waals surface area contributed by atoms with Gasteiger partial charge in [0.2, 0.25) is 0 Å². The second-order valence-corrected chi connectivity index (χ2v) is 7.07. The summed E-state index contributed by atoms with van der Waals surface area (Å²) in [6, 6.07) is 15.3. The van der Waals surface area contributed by atoms with Crippen LogP contribution in [0.1, 0.15) is 29.0 Å². The molecule has 0 N–H and O–H groups in total. The van der Waals surface area contributed by atoms with E-state index in [4.69, 9.17) is 4.74 Å². The molecule has 1 atom stereocenters. The van der Waals surface area contributed by atoms with E-state index in [2.05, 4.69) is 4.98 Å². The third-order valence-corrected chi connectivity index (χ3v) is 5.28. The number of rotatable bonds is 6. The van der Waals surface area contributed by atoms with Gasteiger partial charge in [-0.2, -0.15) is 0 Å². The van der Waals surface area contributed by atoms with Crippen molar-refractivity contribution in [3.05, 3.63) is 77.1 Å². The topological polar surface area (TPSA) is 59.5 Å². The summed E-state index contributed by atoms with van der Waals surface area (Å²) in [4.78, 5) is 30.3. The van der Waals surface area contributed by atoms with E-state index in [1.807, 2.05) is 37.3 Å². The summed E-state index contributed by atoms with van der Waals surface area (Å²) >= 11 is 1.25. The van der Waals surface area contributed by atoms with Crippen molar-refractivity contribution in [1.29, 1.82) is 0 Å². The number of carbonyl (C=O) groups excluding carboxylic acids is 2. The smallest absolute Gasteiger partial charge is 0.358 e. The summed E-state index contributed by atoms with van der Waals surface area (Å²) in [5, 5.41) is 2.13. The van der Waals surface area contributed by atoms with Crippen LogP contribution in [-0.4, -0.2) is 35.4 Å². The van der Waals surface area contributed by atoms with Crippen molar-refractivity contribution in [2.45, 2.75) is 13.0 Å². The molecular weight excluding hydrogens is 379 g/mol. The van der Waals surface area contributed by atoms with E-state index >= 15 is 0 Å². The molecule has 7 heteroatoms. The Labute approximate surface area is 166 Å². The minimum atomic E-state index is -0.668. The van der Waals surface area contributed by atoms with Gasteiger partial charge in [-0.15, -0.1) is 11.3 Å². The normalized spacial score (nSPS) is 11.7. The molecule has 1 heterocycles. The van der Waals surface area contributed by atoms with Crippen LogP contribution in [0.25, 0.3) is 10.6 Å². The summed E-state index contributed by atoms with van der Waals surface area (Å²) < 4.78 is 18.1. The molecule has 28 heavy (non-hydrogen) atoms. The maximum absolute atomic E-state index is 13.0. The molecule has 0 saturated heterocycles. The fourth-order valence-corrected chi connectivity index (χ4v) is 3.36. The van der Waals surface area contributed by atoms with Gasteiger partial charge in [-0.1, -0.05) is 30.3 Å². The lowest BCUT2D eigenvalue weighted by Gasteiger charge is -2.25. The summed E-state index contributed by atoms with van der Waals surface area (Å²) in [5.41, 5.74) is 1.82. The van der Waals surface area contributed by atoms with Crippen LogP contribution in [0.4, 0.5) is 4.39 Å². The van der Waals surface area contributed by atoms with E-state index < -0.39 is 5.97 Å². The molecule has 3 aromatic rings. The number of amides is 1. The second kappa shape index (κ2) is 8.75. The number of ether oxygens (including phenoxy) is 1. The third-order valence-electron chi connectivity index (χ3n) is 4.39. The Morgan fingerprint density at radius 1 is 1.14 bits per heavy atom. The van der Waals surface area contributed by atoms with E-state index in [1.165, 1.54) is 28.4 Å². The number of hydrogen-bond donors (Lipinski definition) is 0. The lowest BCUT2D eigenvalue weighted by molar-refractivity contribution is -0.135. The Hall–Kier alpha value is -3.06. The molecular formula is C21H19FN2O3S. The van der Waals surface area contributed by atoms with E-state index in [1.54, 1.807) is 24.6 Å². The van der Waals surface area contributed by atoms with Gasteiger partial charge in [-0.05, 0) is 36.8 Å². The van der Waals surface area contributed by atoms with Crippen LogP contribution >= 0.6 is 11.3 Å². The average Bonchev–Trinajstić information content (AvgIpc) is 3.22. The Bertz CT molecular complexity index is 957. The summed E-state index contributed by atoms with van der Waals surface area (Å²) in [6.45, 7) is 1.54. The average molecular weight is 398 g/mol. The quantitative estimate of drug-likeness (QED) is 0.580. The lowest BCUT2D eigenvalue weighted by atomic mass is 10.1. The summed E-state index contributed by atoms with van der Waals surface area (Å²) in [7, 11) is 1.67. The first-order valence-electron chi connectivity index (χ1n) is 8.65. The van der Waals surface area contributed by atoms with Gasteiger partial charge < -0.3 is 9.64 Å². The number of hydrogen-bond acceptors (Lipinski definition) is 5. The molecule has 1 amide bonds. The van der Waals surface area contributed by atoms with Crippen LogP contribution in [0.2, 0.25) is 0 Å². The van der Waals surface area contributed by atoms with Crippen LogP contribution in [0, 0.1) is 5.82 Å². The predicted octanol–water partition coefficient (Wildman–Crippen LogP) is 4.33. The van der Waals surface area contributed by atoms with Crippen LogP contribution in [-0.2, 0) is 9.53 Å². The van der Waals surface area contributed by atoms with Gasteiger partial charge in [0.15, 0.2) is 12.3 Å². The molecule has 1 aromatic heterocycles. The molecule has 0 bridgehead atoms. The van der Waals surface area contributed by atoms with Crippen molar-refractivity contribution in [1.82, 2.24) is 9.88 Å². The first-order valence-corrected chi connectivity index (χ1v) is 9.53. The predicted molar refractivity (Wildman–Crippen MR) is 105 cm³/mol. The zero-order valence-corrected chi connectivity index (χ0v) is 16.3. The largest absolute Gasteiger partial charge is 0.451 e. The molecule has 0 saturated carbocycles. The minimum Gasteiger partial charge on any atom is -0.451 e. The first kappa shape index (κ1) is 19.7. The number of aromatic nitrogens is 1. The van der Waals surface area contributed by atoms with Crippen LogP contribution in [0.3, 0.4) is 0 Å². The highest BCUT2D eigenvalue weighted by atomic mass is 32.1. The van der Waals surface area contributed by atoms with Crippen LogP contribution in [0.15, 0.2) is 60.0 Å². The lowest BCUT2D eigenvalue weighted by Crippen LogP contribution is -2.33. The minimum absolute atomic E-state index is 0.121. The molecule has 0 aliphatic rings. The molecule has 0 spiro atoms. The molecule has 0 unspecified atom stereocenters. The van der Waals surface area contributed by atoms with Crippen molar-refractivity contribution in [2.24, 2.45) is 0 Å². The van der Waals surface area contributed by atoms with E-state index in [0.717, 1.165) is 5.56 Å². The molecule has 2 aromatic carbocycles. The fraction of sp³-hybridized carbons (Fsp3) is 0.190. The number of halogens is 1. The van der Waals surface area contributed by atoms with E-state index in [-0.39, 0.29) is 30.1 Å². The summed E-state index contributed by atoms with van der Waals surface area (Å²) in [6.07, 6.45) is 0. The monoisotopic (exact) mass is 398 g/mol. The van der Waals surface area contributed by atoms with Crippen LogP contribution < -0.4 is 0 Å². The molecule has 0 aliphatic carbocycles. The molecule has 3 rings (SSSR count). The Morgan fingerprint density at radius 2 is 1.82 bits per heavy atom. The number of thiazole rings is 1. The first-order chi connectivity index (χ1) is 13.5. The number of benzene rings is 2. The number of likely N-dealkylation sites (N-methyl/N-ethyl adjacent to an activating group) is 1. The van der Waals surface area contributed by atoms with Crippen molar-refractivity contribution in [3.63, 3.8) is 0 Å². The zero-order valence-electron chi connectivity index (χ0n) is 15.5. The maximum Gasteiger partial charge on any atom is 0.358 e. The van der Waals surface area contributed by atoms with Crippen molar-refractivity contribution < 1.29 is 18.7 Å². The van der Waals surface area contributed by atoms with E-state index in [0.29, 0.717) is 10.6 Å². The molecule has 0 aliphatic heterocycles. The van der Waals surface area contributed by atoms with E-state index in [9.17, 15) is 14.0 Å². The standard InChI is InChI=1S/C21H19FN2O3S/c1-14(15-6-4-3-5-7-15)24(2)19(25)12-27-21(26)18-13-28-20(23-18)16-8-10-17(22)11-9-16/h3-11,13-14H,12H2,1-2H3/t14-/m0/s1. The van der Waals surface area contributed by atoms with Gasteiger partial charge in [0.1, 0.15) is 10.8 Å². The molecule has 0 radical (unpaired) electrons. The Balaban J connectivity index is 1.58. The molecule has 5 nitrogen and oxygen atoms in total. The summed E-state index contributed by atoms with van der Waals surface area (Å²) in [5.74, 6) is -1.32. The third kappa shape index (κ3) is 4.61. The Kier molecular flexibility index (Phi) is 6.16.